The molecule has 1 aliphatic rings. The standard InChI is InChI=1S/C20H20ClF3N6O/c1-10-16-13(8-15(11-3-4-11)28-18(16)30(2)29-10)19(31)26-6-5-25-17-14(21)7-12(9-27-17)20(22,23)24/h7-9,11H,3-6H2,1-2H3,(H,25,27)(H,26,31). The molecular weight excluding hydrogens is 433 g/mol. The zero-order chi connectivity index (χ0) is 22.3. The number of carbonyl (C=O) groups excluding carboxylic acids is 1. The van der Waals surface area contributed by atoms with Crippen molar-refractivity contribution in [3.8, 4) is 0 Å². The number of fused-ring (bicyclic) bond motifs is 1. The van der Waals surface area contributed by atoms with Gasteiger partial charge in [-0.15, -0.1) is 0 Å². The van der Waals surface area contributed by atoms with Gasteiger partial charge in [0.15, 0.2) is 5.65 Å². The predicted octanol–water partition coefficient (Wildman–Crippen LogP) is 4.06. The van der Waals surface area contributed by atoms with E-state index in [1.165, 1.54) is 0 Å². The fourth-order valence-electron chi connectivity index (χ4n) is 3.41. The van der Waals surface area contributed by atoms with Crippen molar-refractivity contribution in [1.82, 2.24) is 25.1 Å². The van der Waals surface area contributed by atoms with E-state index in [4.69, 9.17) is 11.6 Å². The maximum absolute atomic E-state index is 12.9. The van der Waals surface area contributed by atoms with Crippen molar-refractivity contribution in [2.45, 2.75) is 31.9 Å². The predicted molar refractivity (Wildman–Crippen MR) is 110 cm³/mol. The molecule has 0 saturated heterocycles. The molecule has 0 radical (unpaired) electrons. The van der Waals surface area contributed by atoms with Gasteiger partial charge in [0.2, 0.25) is 0 Å². The summed E-state index contributed by atoms with van der Waals surface area (Å²) >= 11 is 5.88. The second-order valence-corrected chi connectivity index (χ2v) is 7.92. The lowest BCUT2D eigenvalue weighted by atomic mass is 10.1. The molecule has 3 aromatic rings. The van der Waals surface area contributed by atoms with Gasteiger partial charge in [-0.2, -0.15) is 18.3 Å². The fraction of sp³-hybridized carbons (Fsp3) is 0.400. The molecule has 1 saturated carbocycles. The average Bonchev–Trinajstić information content (AvgIpc) is 3.51. The molecule has 1 aliphatic carbocycles. The number of pyridine rings is 2. The lowest BCUT2D eigenvalue weighted by molar-refractivity contribution is -0.137. The lowest BCUT2D eigenvalue weighted by Crippen LogP contribution is -2.29. The molecule has 0 bridgehead atoms. The van der Waals surface area contributed by atoms with Gasteiger partial charge in [0.25, 0.3) is 5.91 Å². The van der Waals surface area contributed by atoms with E-state index in [1.54, 1.807) is 11.7 Å². The zero-order valence-electron chi connectivity index (χ0n) is 16.8. The normalized spacial score (nSPS) is 14.1. The van der Waals surface area contributed by atoms with Gasteiger partial charge < -0.3 is 10.6 Å². The smallest absolute Gasteiger partial charge is 0.367 e. The molecule has 1 amide bonds. The van der Waals surface area contributed by atoms with Crippen LogP contribution in [-0.4, -0.2) is 38.7 Å². The van der Waals surface area contributed by atoms with Gasteiger partial charge in [-0.05, 0) is 31.9 Å². The van der Waals surface area contributed by atoms with Crippen LogP contribution in [0.4, 0.5) is 19.0 Å². The maximum atomic E-state index is 12.9. The van der Waals surface area contributed by atoms with Crippen LogP contribution in [0.25, 0.3) is 11.0 Å². The molecule has 0 unspecified atom stereocenters. The van der Waals surface area contributed by atoms with Crippen molar-refractivity contribution in [3.05, 3.63) is 45.9 Å². The third-order valence-electron chi connectivity index (χ3n) is 5.10. The fourth-order valence-corrected chi connectivity index (χ4v) is 3.64. The van der Waals surface area contributed by atoms with E-state index in [9.17, 15) is 18.0 Å². The maximum Gasteiger partial charge on any atom is 0.417 e. The molecule has 164 valence electrons. The third-order valence-corrected chi connectivity index (χ3v) is 5.39. The Morgan fingerprint density at radius 1 is 1.29 bits per heavy atom. The number of nitrogens with one attached hydrogen (secondary N) is 2. The zero-order valence-corrected chi connectivity index (χ0v) is 17.6. The number of hydrogen-bond acceptors (Lipinski definition) is 5. The van der Waals surface area contributed by atoms with Crippen LogP contribution in [0.15, 0.2) is 18.3 Å². The SMILES string of the molecule is Cc1nn(C)c2nc(C3CC3)cc(C(=O)NCCNc3ncc(C(F)(F)F)cc3Cl)c12. The van der Waals surface area contributed by atoms with Crippen LogP contribution < -0.4 is 10.6 Å². The highest BCUT2D eigenvalue weighted by atomic mass is 35.5. The highest BCUT2D eigenvalue weighted by Gasteiger charge is 2.31. The molecule has 3 heterocycles. The Kier molecular flexibility index (Phi) is 5.50. The minimum Gasteiger partial charge on any atom is -0.367 e. The molecule has 3 aromatic heterocycles. The van der Waals surface area contributed by atoms with Gasteiger partial charge >= 0.3 is 6.18 Å². The van der Waals surface area contributed by atoms with E-state index in [0.717, 1.165) is 30.3 Å². The molecule has 1 fully saturated rings. The number of aryl methyl sites for hydroxylation is 2. The Hall–Kier alpha value is -2.88. The first-order chi connectivity index (χ1) is 14.6. The highest BCUT2D eigenvalue weighted by Crippen LogP contribution is 2.40. The van der Waals surface area contributed by atoms with E-state index < -0.39 is 11.7 Å². The van der Waals surface area contributed by atoms with Crippen molar-refractivity contribution < 1.29 is 18.0 Å². The summed E-state index contributed by atoms with van der Waals surface area (Å²) in [6.07, 6.45) is -1.68. The third kappa shape index (κ3) is 4.43. The number of anilines is 1. The second kappa shape index (κ2) is 7.99. The van der Waals surface area contributed by atoms with Gasteiger partial charge in [-0.3, -0.25) is 9.48 Å². The summed E-state index contributed by atoms with van der Waals surface area (Å²) in [5.41, 5.74) is 1.88. The van der Waals surface area contributed by atoms with E-state index in [0.29, 0.717) is 28.7 Å². The van der Waals surface area contributed by atoms with Crippen molar-refractivity contribution >= 4 is 34.4 Å². The Morgan fingerprint density at radius 3 is 2.68 bits per heavy atom. The first-order valence-electron chi connectivity index (χ1n) is 9.74. The van der Waals surface area contributed by atoms with Gasteiger partial charge in [0, 0.05) is 37.9 Å². The van der Waals surface area contributed by atoms with E-state index in [2.05, 4.69) is 25.7 Å². The number of carbonyl (C=O) groups is 1. The second-order valence-electron chi connectivity index (χ2n) is 7.51. The quantitative estimate of drug-likeness (QED) is 0.551. The molecule has 0 aromatic carbocycles. The minimum atomic E-state index is -4.51. The number of nitrogens with zero attached hydrogens (tertiary/aromatic N) is 4. The van der Waals surface area contributed by atoms with Crippen LogP contribution in [-0.2, 0) is 13.2 Å². The van der Waals surface area contributed by atoms with Gasteiger partial charge in [-0.1, -0.05) is 11.6 Å². The summed E-state index contributed by atoms with van der Waals surface area (Å²) in [5.74, 6) is 0.230. The van der Waals surface area contributed by atoms with Crippen LogP contribution in [0, 0.1) is 6.92 Å². The van der Waals surface area contributed by atoms with Crippen molar-refractivity contribution in [1.29, 1.82) is 0 Å². The largest absolute Gasteiger partial charge is 0.417 e. The van der Waals surface area contributed by atoms with Crippen LogP contribution in [0.2, 0.25) is 5.02 Å². The van der Waals surface area contributed by atoms with Gasteiger partial charge in [0.05, 0.1) is 27.2 Å². The number of amides is 1. The number of halogens is 4. The molecule has 0 spiro atoms. The summed E-state index contributed by atoms with van der Waals surface area (Å²) in [5, 5.41) is 10.6. The van der Waals surface area contributed by atoms with Gasteiger partial charge in [-0.25, -0.2) is 9.97 Å². The van der Waals surface area contributed by atoms with E-state index in [-0.39, 0.29) is 29.8 Å². The summed E-state index contributed by atoms with van der Waals surface area (Å²) < 4.78 is 39.8. The number of rotatable bonds is 6. The Labute approximate surface area is 181 Å². The lowest BCUT2D eigenvalue weighted by Gasteiger charge is -2.12. The molecule has 31 heavy (non-hydrogen) atoms. The highest BCUT2D eigenvalue weighted by molar-refractivity contribution is 6.33. The van der Waals surface area contributed by atoms with Crippen LogP contribution in [0.5, 0.6) is 0 Å². The summed E-state index contributed by atoms with van der Waals surface area (Å²) in [6.45, 7) is 2.29. The van der Waals surface area contributed by atoms with E-state index in [1.807, 2.05) is 13.0 Å². The molecular formula is C20H20ClF3N6O. The van der Waals surface area contributed by atoms with Gasteiger partial charge in [0.1, 0.15) is 5.82 Å². The first-order valence-corrected chi connectivity index (χ1v) is 10.1. The first kappa shape index (κ1) is 21.4. The van der Waals surface area contributed by atoms with Crippen molar-refractivity contribution in [3.63, 3.8) is 0 Å². The minimum absolute atomic E-state index is 0.120. The van der Waals surface area contributed by atoms with Crippen LogP contribution in [0.1, 0.15) is 46.1 Å². The monoisotopic (exact) mass is 452 g/mol. The van der Waals surface area contributed by atoms with E-state index >= 15 is 0 Å². The molecule has 0 aliphatic heterocycles. The summed E-state index contributed by atoms with van der Waals surface area (Å²) in [4.78, 5) is 21.3. The molecule has 11 heteroatoms. The number of aromatic nitrogens is 4. The Morgan fingerprint density at radius 2 is 2.03 bits per heavy atom. The van der Waals surface area contributed by atoms with Crippen LogP contribution in [0.3, 0.4) is 0 Å². The average molecular weight is 453 g/mol. The Bertz CT molecular complexity index is 1160. The molecule has 4 rings (SSSR count). The summed E-state index contributed by atoms with van der Waals surface area (Å²) in [6, 6.07) is 2.64. The van der Waals surface area contributed by atoms with Crippen LogP contribution >= 0.6 is 11.6 Å². The number of alkyl halides is 3. The Balaban J connectivity index is 1.43. The molecule has 7 nitrogen and oxygen atoms in total. The van der Waals surface area contributed by atoms with Crippen molar-refractivity contribution in [2.75, 3.05) is 18.4 Å². The molecule has 2 N–H and O–H groups in total. The summed E-state index contributed by atoms with van der Waals surface area (Å²) in [7, 11) is 1.80. The molecule has 0 atom stereocenters. The van der Waals surface area contributed by atoms with Crippen molar-refractivity contribution in [2.24, 2.45) is 7.05 Å². The number of hydrogen-bond donors (Lipinski definition) is 2. The topological polar surface area (TPSA) is 84.7 Å².